The predicted octanol–water partition coefficient (Wildman–Crippen LogP) is 3.29. The molecule has 0 bridgehead atoms. The minimum atomic E-state index is -0.199. The van der Waals surface area contributed by atoms with Gasteiger partial charge in [-0.2, -0.15) is 11.3 Å². The second kappa shape index (κ2) is 4.57. The molecular formula is C16H22N2OS. The van der Waals surface area contributed by atoms with E-state index in [1.807, 2.05) is 0 Å². The summed E-state index contributed by atoms with van der Waals surface area (Å²) < 4.78 is 0. The Morgan fingerprint density at radius 3 is 2.65 bits per heavy atom. The van der Waals surface area contributed by atoms with E-state index in [-0.39, 0.29) is 11.7 Å². The molecule has 1 atom stereocenters. The van der Waals surface area contributed by atoms with Gasteiger partial charge in [0.05, 0.1) is 0 Å². The van der Waals surface area contributed by atoms with Gasteiger partial charge in [0, 0.05) is 6.04 Å². The van der Waals surface area contributed by atoms with Gasteiger partial charge in [-0.25, -0.2) is 0 Å². The molecule has 3 aliphatic rings. The van der Waals surface area contributed by atoms with Crippen LogP contribution in [0.2, 0.25) is 0 Å². The molecule has 1 unspecified atom stereocenters. The highest BCUT2D eigenvalue weighted by atomic mass is 32.1. The van der Waals surface area contributed by atoms with Gasteiger partial charge in [-0.05, 0) is 66.8 Å². The van der Waals surface area contributed by atoms with E-state index in [0.717, 1.165) is 18.8 Å². The monoisotopic (exact) mass is 290 g/mol. The molecule has 2 saturated carbocycles. The first-order valence-electron chi connectivity index (χ1n) is 7.82. The summed E-state index contributed by atoms with van der Waals surface area (Å²) in [7, 11) is 0. The summed E-state index contributed by atoms with van der Waals surface area (Å²) in [5, 5.41) is 7.93. The maximum absolute atomic E-state index is 12.8. The van der Waals surface area contributed by atoms with E-state index in [4.69, 9.17) is 0 Å². The number of thiophene rings is 1. The fourth-order valence-corrected chi connectivity index (χ4v) is 4.49. The average molecular weight is 290 g/mol. The molecule has 2 heterocycles. The Balaban J connectivity index is 1.62. The van der Waals surface area contributed by atoms with Crippen LogP contribution in [0.25, 0.3) is 0 Å². The molecule has 4 heteroatoms. The molecule has 1 aromatic rings. The van der Waals surface area contributed by atoms with Crippen molar-refractivity contribution in [1.82, 2.24) is 10.2 Å². The number of hydrogen-bond acceptors (Lipinski definition) is 3. The second-order valence-corrected chi connectivity index (χ2v) is 7.59. The first-order chi connectivity index (χ1) is 9.70. The highest BCUT2D eigenvalue weighted by molar-refractivity contribution is 7.08. The van der Waals surface area contributed by atoms with Crippen LogP contribution in [0.1, 0.15) is 57.2 Å². The van der Waals surface area contributed by atoms with Gasteiger partial charge >= 0.3 is 0 Å². The van der Waals surface area contributed by atoms with Crippen LogP contribution in [0.5, 0.6) is 0 Å². The summed E-state index contributed by atoms with van der Waals surface area (Å²) in [5.41, 5.74) is 1.07. The number of nitrogens with one attached hydrogen (secondary N) is 1. The van der Waals surface area contributed by atoms with Crippen LogP contribution < -0.4 is 5.32 Å². The molecule has 1 aromatic heterocycles. The predicted molar refractivity (Wildman–Crippen MR) is 80.4 cm³/mol. The van der Waals surface area contributed by atoms with Crippen LogP contribution in [0.3, 0.4) is 0 Å². The SMILES string of the molecule is CC1CCC(N2C(=O)C3(CC3)NC2c2ccsc2)CC1. The molecule has 1 spiro atoms. The van der Waals surface area contributed by atoms with Gasteiger partial charge in [0.15, 0.2) is 0 Å². The van der Waals surface area contributed by atoms with Crippen molar-refractivity contribution in [2.45, 2.75) is 63.2 Å². The first-order valence-corrected chi connectivity index (χ1v) is 8.76. The van der Waals surface area contributed by atoms with Crippen molar-refractivity contribution in [1.29, 1.82) is 0 Å². The number of amides is 1. The van der Waals surface area contributed by atoms with Gasteiger partial charge in [0.1, 0.15) is 11.7 Å². The molecule has 1 N–H and O–H groups in total. The molecule has 3 nitrogen and oxygen atoms in total. The Bertz CT molecular complexity index is 501. The molecule has 0 aromatic carbocycles. The summed E-state index contributed by atoms with van der Waals surface area (Å²) in [6.07, 6.45) is 7.03. The van der Waals surface area contributed by atoms with Crippen molar-refractivity contribution in [3.63, 3.8) is 0 Å². The molecule has 1 amide bonds. The summed E-state index contributed by atoms with van der Waals surface area (Å²) in [4.78, 5) is 15.0. The topological polar surface area (TPSA) is 32.3 Å². The minimum absolute atomic E-state index is 0.120. The molecule has 1 saturated heterocycles. The fraction of sp³-hybridized carbons (Fsp3) is 0.688. The van der Waals surface area contributed by atoms with Gasteiger partial charge < -0.3 is 4.90 Å². The van der Waals surface area contributed by atoms with E-state index in [0.29, 0.717) is 11.9 Å². The Kier molecular flexibility index (Phi) is 2.93. The van der Waals surface area contributed by atoms with Gasteiger partial charge in [0.2, 0.25) is 5.91 Å². The maximum Gasteiger partial charge on any atom is 0.244 e. The molecule has 0 radical (unpaired) electrons. The number of carbonyl (C=O) groups excluding carboxylic acids is 1. The van der Waals surface area contributed by atoms with Crippen LogP contribution in [0.15, 0.2) is 16.8 Å². The second-order valence-electron chi connectivity index (χ2n) is 6.81. The van der Waals surface area contributed by atoms with Gasteiger partial charge in [-0.3, -0.25) is 10.1 Å². The lowest BCUT2D eigenvalue weighted by Gasteiger charge is -2.36. The highest BCUT2D eigenvalue weighted by Gasteiger charge is 2.60. The smallest absolute Gasteiger partial charge is 0.244 e. The van der Waals surface area contributed by atoms with Crippen molar-refractivity contribution >= 4 is 17.2 Å². The van der Waals surface area contributed by atoms with Crippen molar-refractivity contribution in [3.8, 4) is 0 Å². The maximum atomic E-state index is 12.8. The molecule has 108 valence electrons. The zero-order valence-electron chi connectivity index (χ0n) is 12.0. The van der Waals surface area contributed by atoms with Crippen molar-refractivity contribution in [3.05, 3.63) is 22.4 Å². The molecule has 2 aliphatic carbocycles. The number of hydrogen-bond donors (Lipinski definition) is 1. The highest BCUT2D eigenvalue weighted by Crippen LogP contribution is 2.48. The van der Waals surface area contributed by atoms with Crippen LogP contribution in [-0.4, -0.2) is 22.4 Å². The Labute approximate surface area is 124 Å². The lowest BCUT2D eigenvalue weighted by Crippen LogP contribution is -2.42. The Hall–Kier alpha value is -0.870. The zero-order valence-corrected chi connectivity index (χ0v) is 12.8. The number of nitrogens with zero attached hydrogens (tertiary/aromatic N) is 1. The third-order valence-electron chi connectivity index (χ3n) is 5.32. The number of carbonyl (C=O) groups is 1. The Morgan fingerprint density at radius 2 is 2.05 bits per heavy atom. The average Bonchev–Trinajstić information content (AvgIpc) is 2.92. The first kappa shape index (κ1) is 12.8. The van der Waals surface area contributed by atoms with Gasteiger partial charge in [-0.15, -0.1) is 0 Å². The molecular weight excluding hydrogens is 268 g/mol. The van der Waals surface area contributed by atoms with Crippen LogP contribution in [-0.2, 0) is 4.79 Å². The van der Waals surface area contributed by atoms with E-state index in [1.54, 1.807) is 11.3 Å². The van der Waals surface area contributed by atoms with Crippen LogP contribution in [0.4, 0.5) is 0 Å². The molecule has 4 rings (SSSR count). The third kappa shape index (κ3) is 1.92. The minimum Gasteiger partial charge on any atom is -0.318 e. The molecule has 3 fully saturated rings. The van der Waals surface area contributed by atoms with E-state index >= 15 is 0 Å². The molecule has 1 aliphatic heterocycles. The largest absolute Gasteiger partial charge is 0.318 e. The van der Waals surface area contributed by atoms with Crippen molar-refractivity contribution < 1.29 is 4.79 Å². The number of rotatable bonds is 2. The normalized spacial score (nSPS) is 35.8. The van der Waals surface area contributed by atoms with Gasteiger partial charge in [-0.1, -0.05) is 6.92 Å². The lowest BCUT2D eigenvalue weighted by atomic mass is 9.86. The van der Waals surface area contributed by atoms with Crippen molar-refractivity contribution in [2.75, 3.05) is 0 Å². The quantitative estimate of drug-likeness (QED) is 0.906. The van der Waals surface area contributed by atoms with Crippen LogP contribution >= 0.6 is 11.3 Å². The summed E-state index contributed by atoms with van der Waals surface area (Å²) in [6, 6.07) is 2.60. The van der Waals surface area contributed by atoms with Crippen LogP contribution in [0, 0.1) is 5.92 Å². The van der Waals surface area contributed by atoms with E-state index < -0.39 is 0 Å². The van der Waals surface area contributed by atoms with E-state index in [2.05, 4.69) is 34.0 Å². The fourth-order valence-electron chi connectivity index (χ4n) is 3.81. The van der Waals surface area contributed by atoms with E-state index in [1.165, 1.54) is 31.2 Å². The summed E-state index contributed by atoms with van der Waals surface area (Å²) >= 11 is 1.72. The zero-order chi connectivity index (χ0) is 13.7. The van der Waals surface area contributed by atoms with Gasteiger partial charge in [0.25, 0.3) is 0 Å². The summed E-state index contributed by atoms with van der Waals surface area (Å²) in [6.45, 7) is 2.33. The Morgan fingerprint density at radius 1 is 1.30 bits per heavy atom. The van der Waals surface area contributed by atoms with E-state index in [9.17, 15) is 4.79 Å². The lowest BCUT2D eigenvalue weighted by molar-refractivity contribution is -0.134. The third-order valence-corrected chi connectivity index (χ3v) is 6.02. The standard InChI is InChI=1S/C16H22N2OS/c1-11-2-4-13(5-3-11)18-14(12-6-9-20-10-12)17-16(7-8-16)15(18)19/h6,9-11,13-14,17H,2-5,7-8H2,1H3. The molecule has 20 heavy (non-hydrogen) atoms. The van der Waals surface area contributed by atoms with Crippen molar-refractivity contribution in [2.24, 2.45) is 5.92 Å². The summed E-state index contributed by atoms with van der Waals surface area (Å²) in [5.74, 6) is 1.19.